The molecule has 0 aromatic heterocycles. The fourth-order valence-electron chi connectivity index (χ4n) is 2.37. The van der Waals surface area contributed by atoms with Crippen molar-refractivity contribution in [1.29, 1.82) is 0 Å². The summed E-state index contributed by atoms with van der Waals surface area (Å²) in [4.78, 5) is 10.8. The van der Waals surface area contributed by atoms with Gasteiger partial charge in [-0.2, -0.15) is 0 Å². The summed E-state index contributed by atoms with van der Waals surface area (Å²) in [7, 11) is 0. The Labute approximate surface area is 117 Å². The molecule has 0 fully saturated rings. The van der Waals surface area contributed by atoms with Crippen molar-refractivity contribution in [3.63, 3.8) is 0 Å². The van der Waals surface area contributed by atoms with Gasteiger partial charge in [0, 0.05) is 18.8 Å². The Hall–Kier alpha value is -1.98. The van der Waals surface area contributed by atoms with Gasteiger partial charge in [0.15, 0.2) is 0 Å². The van der Waals surface area contributed by atoms with E-state index in [4.69, 9.17) is 14.8 Å². The molecule has 5 heteroatoms. The van der Waals surface area contributed by atoms with Crippen LogP contribution in [-0.2, 0) is 4.74 Å². The first-order valence-corrected chi connectivity index (χ1v) is 6.63. The second-order valence-corrected chi connectivity index (χ2v) is 4.59. The van der Waals surface area contributed by atoms with Gasteiger partial charge in [-0.15, -0.1) is 0 Å². The van der Waals surface area contributed by atoms with Crippen molar-refractivity contribution in [3.8, 4) is 0 Å². The molecule has 0 spiro atoms. The van der Waals surface area contributed by atoms with Crippen molar-refractivity contribution in [2.75, 3.05) is 13.2 Å². The predicted octanol–water partition coefficient (Wildman–Crippen LogP) is 1.52. The standard InChI is InChI=1S/C15H16N3O2/c19-8-9-20-15-10-13(12-4-2-1-3-5-12)17-14-11-16-6-7-18(14)15/h1-4,6-7,11,13,15,19H,8-10H2. The number of amidine groups is 1. The second-order valence-electron chi connectivity index (χ2n) is 4.59. The number of nitrogens with zero attached hydrogens (tertiary/aromatic N) is 3. The number of aliphatic hydroxyl groups excluding tert-OH is 1. The molecule has 0 amide bonds. The number of fused-ring (bicyclic) bond motifs is 1. The molecule has 2 aliphatic heterocycles. The summed E-state index contributed by atoms with van der Waals surface area (Å²) in [5.41, 5.74) is 1.04. The van der Waals surface area contributed by atoms with Crippen molar-refractivity contribution < 1.29 is 9.84 Å². The van der Waals surface area contributed by atoms with E-state index in [2.05, 4.69) is 11.1 Å². The number of rotatable bonds is 4. The molecule has 103 valence electrons. The van der Waals surface area contributed by atoms with Crippen LogP contribution in [0.25, 0.3) is 0 Å². The van der Waals surface area contributed by atoms with Gasteiger partial charge in [-0.25, -0.2) is 0 Å². The van der Waals surface area contributed by atoms with Crippen LogP contribution in [0.2, 0.25) is 0 Å². The van der Waals surface area contributed by atoms with Crippen LogP contribution in [0.4, 0.5) is 0 Å². The highest BCUT2D eigenvalue weighted by Gasteiger charge is 2.30. The van der Waals surface area contributed by atoms with E-state index in [9.17, 15) is 0 Å². The fraction of sp³-hybridized carbons (Fsp3) is 0.333. The normalized spacial score (nSPS) is 24.4. The third-order valence-electron chi connectivity index (χ3n) is 3.28. The van der Waals surface area contributed by atoms with Crippen LogP contribution in [0.3, 0.4) is 0 Å². The molecule has 1 aromatic rings. The van der Waals surface area contributed by atoms with E-state index in [1.807, 2.05) is 35.4 Å². The van der Waals surface area contributed by atoms with Gasteiger partial charge in [0.05, 0.1) is 25.5 Å². The first-order valence-electron chi connectivity index (χ1n) is 6.63. The lowest BCUT2D eigenvalue weighted by atomic mass is 10.0. The summed E-state index contributed by atoms with van der Waals surface area (Å²) >= 11 is 0. The summed E-state index contributed by atoms with van der Waals surface area (Å²) < 4.78 is 5.72. The smallest absolute Gasteiger partial charge is 0.149 e. The molecule has 3 rings (SSSR count). The fourth-order valence-corrected chi connectivity index (χ4v) is 2.37. The molecule has 1 radical (unpaired) electrons. The van der Waals surface area contributed by atoms with Crippen LogP contribution in [0, 0.1) is 6.07 Å². The molecular weight excluding hydrogens is 254 g/mol. The Morgan fingerprint density at radius 2 is 2.40 bits per heavy atom. The second kappa shape index (κ2) is 5.98. The Morgan fingerprint density at radius 1 is 1.45 bits per heavy atom. The predicted molar refractivity (Wildman–Crippen MR) is 76.4 cm³/mol. The van der Waals surface area contributed by atoms with Crippen LogP contribution in [0.5, 0.6) is 0 Å². The lowest BCUT2D eigenvalue weighted by Crippen LogP contribution is -2.44. The molecule has 2 atom stereocenters. The topological polar surface area (TPSA) is 57.4 Å². The Bertz CT molecular complexity index is 539. The largest absolute Gasteiger partial charge is 0.394 e. The minimum atomic E-state index is -0.142. The van der Waals surface area contributed by atoms with E-state index < -0.39 is 0 Å². The summed E-state index contributed by atoms with van der Waals surface area (Å²) in [6.45, 7) is 0.321. The summed E-state index contributed by atoms with van der Waals surface area (Å²) in [6.07, 6.45) is 5.87. The van der Waals surface area contributed by atoms with Crippen LogP contribution < -0.4 is 0 Å². The first-order chi connectivity index (χ1) is 9.88. The number of hydrogen-bond acceptors (Lipinski definition) is 5. The van der Waals surface area contributed by atoms with Crippen molar-refractivity contribution in [2.45, 2.75) is 18.7 Å². The molecule has 2 unspecified atom stereocenters. The van der Waals surface area contributed by atoms with Gasteiger partial charge < -0.3 is 14.7 Å². The zero-order valence-electron chi connectivity index (χ0n) is 11.0. The van der Waals surface area contributed by atoms with Gasteiger partial charge in [-0.3, -0.25) is 9.98 Å². The van der Waals surface area contributed by atoms with Crippen LogP contribution in [0.15, 0.2) is 46.7 Å². The maximum absolute atomic E-state index is 8.95. The van der Waals surface area contributed by atoms with Gasteiger partial charge in [-0.1, -0.05) is 24.3 Å². The number of ether oxygens (including phenoxy) is 1. The van der Waals surface area contributed by atoms with E-state index in [-0.39, 0.29) is 18.9 Å². The van der Waals surface area contributed by atoms with Gasteiger partial charge in [0.1, 0.15) is 12.1 Å². The van der Waals surface area contributed by atoms with E-state index >= 15 is 0 Å². The Balaban J connectivity index is 1.87. The molecule has 2 aliphatic rings. The van der Waals surface area contributed by atoms with Crippen LogP contribution >= 0.6 is 0 Å². The number of aliphatic hydroxyl groups is 1. The van der Waals surface area contributed by atoms with Gasteiger partial charge >= 0.3 is 0 Å². The van der Waals surface area contributed by atoms with Gasteiger partial charge in [-0.05, 0) is 11.6 Å². The Morgan fingerprint density at radius 3 is 3.20 bits per heavy atom. The number of hydrogen-bond donors (Lipinski definition) is 1. The highest BCUT2D eigenvalue weighted by Crippen LogP contribution is 2.30. The maximum atomic E-state index is 8.95. The van der Waals surface area contributed by atoms with Crippen molar-refractivity contribution >= 4 is 12.1 Å². The lowest BCUT2D eigenvalue weighted by Gasteiger charge is -2.37. The highest BCUT2D eigenvalue weighted by atomic mass is 16.5. The monoisotopic (exact) mass is 270 g/mol. The molecule has 1 N–H and O–H groups in total. The van der Waals surface area contributed by atoms with Gasteiger partial charge in [0.25, 0.3) is 0 Å². The zero-order chi connectivity index (χ0) is 13.8. The summed E-state index contributed by atoms with van der Waals surface area (Å²) in [5.74, 6) is 0.781. The molecule has 0 saturated heterocycles. The van der Waals surface area contributed by atoms with E-state index in [1.54, 1.807) is 12.4 Å². The Kier molecular flexibility index (Phi) is 3.90. The minimum absolute atomic E-state index is 0.00379. The highest BCUT2D eigenvalue weighted by molar-refractivity contribution is 6.30. The molecule has 1 aromatic carbocycles. The average molecular weight is 270 g/mol. The molecule has 0 bridgehead atoms. The molecule has 20 heavy (non-hydrogen) atoms. The zero-order valence-corrected chi connectivity index (χ0v) is 11.0. The summed E-state index contributed by atoms with van der Waals surface area (Å²) in [5, 5.41) is 8.95. The summed E-state index contributed by atoms with van der Waals surface area (Å²) in [6, 6.07) is 11.1. The SMILES string of the molecule is OCCOC1CC(c2[c]cccc2)N=C2C=NC=CN21. The first kappa shape index (κ1) is 13.0. The number of benzene rings is 1. The van der Waals surface area contributed by atoms with Crippen LogP contribution in [0.1, 0.15) is 18.0 Å². The van der Waals surface area contributed by atoms with E-state index in [0.29, 0.717) is 6.61 Å². The van der Waals surface area contributed by atoms with Crippen molar-refractivity contribution in [1.82, 2.24) is 4.90 Å². The minimum Gasteiger partial charge on any atom is -0.394 e. The van der Waals surface area contributed by atoms with Crippen LogP contribution in [-0.4, -0.2) is 41.5 Å². The lowest BCUT2D eigenvalue weighted by molar-refractivity contribution is -0.0359. The molecular formula is C15H16N3O2. The van der Waals surface area contributed by atoms with E-state index in [1.165, 1.54) is 0 Å². The third kappa shape index (κ3) is 2.64. The molecule has 0 aliphatic carbocycles. The number of aliphatic imine (C=N–C) groups is 2. The maximum Gasteiger partial charge on any atom is 0.149 e. The average Bonchev–Trinajstić information content (AvgIpc) is 2.53. The molecule has 0 saturated carbocycles. The molecule has 5 nitrogen and oxygen atoms in total. The molecule has 2 heterocycles. The third-order valence-corrected chi connectivity index (χ3v) is 3.28. The van der Waals surface area contributed by atoms with E-state index in [0.717, 1.165) is 17.8 Å². The van der Waals surface area contributed by atoms with Crippen molar-refractivity contribution in [3.05, 3.63) is 48.3 Å². The van der Waals surface area contributed by atoms with Crippen molar-refractivity contribution in [2.24, 2.45) is 9.98 Å². The quantitative estimate of drug-likeness (QED) is 0.902. The van der Waals surface area contributed by atoms with Gasteiger partial charge in [0.2, 0.25) is 0 Å².